The van der Waals surface area contributed by atoms with Crippen LogP contribution in [0.25, 0.3) is 0 Å². The predicted molar refractivity (Wildman–Crippen MR) is 125 cm³/mol. The molecule has 2 aromatic carbocycles. The van der Waals surface area contributed by atoms with E-state index in [9.17, 15) is 33.1 Å². The number of thioether (sulfide) groups is 1. The van der Waals surface area contributed by atoms with E-state index < -0.39 is 23.8 Å². The average Bonchev–Trinajstić information content (AvgIpc) is 2.84. The molecule has 0 bridgehead atoms. The number of ketones is 1. The molecule has 0 radical (unpaired) electrons. The second-order valence-corrected chi connectivity index (χ2v) is 9.39. The summed E-state index contributed by atoms with van der Waals surface area (Å²) in [6.07, 6.45) is -3.47. The average molecular weight is 502 g/mol. The number of nitrogens with zero attached hydrogens (tertiary/aromatic N) is 3. The molecule has 0 saturated heterocycles. The number of amides is 2. The van der Waals surface area contributed by atoms with Gasteiger partial charge in [-0.25, -0.2) is 4.79 Å². The number of carbonyl (C=O) groups is 2. The van der Waals surface area contributed by atoms with E-state index in [0.717, 1.165) is 12.1 Å². The molecule has 1 N–H and O–H groups in total. The van der Waals surface area contributed by atoms with Crippen LogP contribution in [0.4, 0.5) is 23.7 Å². The smallest absolute Gasteiger partial charge is 0.396 e. The molecule has 6 nitrogen and oxygen atoms in total. The van der Waals surface area contributed by atoms with Gasteiger partial charge in [0.2, 0.25) is 0 Å². The maximum atomic E-state index is 13.6. The van der Waals surface area contributed by atoms with E-state index in [-0.39, 0.29) is 24.5 Å². The van der Waals surface area contributed by atoms with Crippen molar-refractivity contribution in [1.29, 1.82) is 5.26 Å². The number of Topliss-reactive ketones (excluding diaryl/α,β-unsaturated/α-hetero) is 1. The molecule has 182 valence electrons. The van der Waals surface area contributed by atoms with Crippen LogP contribution in [0.1, 0.15) is 42.0 Å². The Morgan fingerprint density at radius 3 is 2.63 bits per heavy atom. The molecule has 0 saturated carbocycles. The number of nitriles is 1. The van der Waals surface area contributed by atoms with Crippen molar-refractivity contribution in [2.24, 2.45) is 0 Å². The number of benzene rings is 2. The molecule has 2 aromatic rings. The first-order valence-electron chi connectivity index (χ1n) is 11.0. The number of aliphatic hydroxyl groups is 1. The van der Waals surface area contributed by atoms with Gasteiger partial charge in [-0.05, 0) is 48.7 Å². The standard InChI is InChI=1S/C25H22F3N3O3S/c1-30-23(18-9-8-15(14-29)12-21(18)35-11-10-32)22-19(6-3-7-20(22)33)31(24(30)34)17-5-2-4-16(13-17)25(26,27)28/h2,4-5,8-9,12-13,23,32H,3,6-7,10-11H2,1H3. The highest BCUT2D eigenvalue weighted by Crippen LogP contribution is 2.46. The Bertz CT molecular complexity index is 1250. The summed E-state index contributed by atoms with van der Waals surface area (Å²) < 4.78 is 40.1. The second-order valence-electron chi connectivity index (χ2n) is 8.25. The molecule has 2 amide bonds. The minimum absolute atomic E-state index is 0.0482. The second kappa shape index (κ2) is 9.76. The molecule has 0 aromatic heterocycles. The van der Waals surface area contributed by atoms with Gasteiger partial charge in [0.25, 0.3) is 0 Å². The highest BCUT2D eigenvalue weighted by atomic mass is 32.2. The van der Waals surface area contributed by atoms with Crippen molar-refractivity contribution in [1.82, 2.24) is 4.90 Å². The fourth-order valence-electron chi connectivity index (χ4n) is 4.53. The van der Waals surface area contributed by atoms with Crippen LogP contribution in [0.2, 0.25) is 0 Å². The summed E-state index contributed by atoms with van der Waals surface area (Å²) in [5.41, 5.74) is 0.958. The highest BCUT2D eigenvalue weighted by Gasteiger charge is 2.44. The molecule has 1 aliphatic heterocycles. The fraction of sp³-hybridized carbons (Fsp3) is 0.320. The van der Waals surface area contributed by atoms with Crippen LogP contribution in [0, 0.1) is 11.3 Å². The summed E-state index contributed by atoms with van der Waals surface area (Å²) >= 11 is 1.30. The number of anilines is 1. The molecule has 0 fully saturated rings. The summed E-state index contributed by atoms with van der Waals surface area (Å²) in [5.74, 6) is 0.178. The predicted octanol–water partition coefficient (Wildman–Crippen LogP) is 5.28. The zero-order valence-corrected chi connectivity index (χ0v) is 19.6. The minimum atomic E-state index is -4.58. The zero-order chi connectivity index (χ0) is 25.3. The molecule has 2 aliphatic rings. The third-order valence-corrected chi connectivity index (χ3v) is 7.12. The first kappa shape index (κ1) is 24.8. The quantitative estimate of drug-likeness (QED) is 0.564. The molecule has 10 heteroatoms. The van der Waals surface area contributed by atoms with E-state index in [1.165, 1.54) is 40.7 Å². The minimum Gasteiger partial charge on any atom is -0.396 e. The zero-order valence-electron chi connectivity index (χ0n) is 18.8. The number of likely N-dealkylation sites (N-methyl/N-ethyl adjacent to an activating group) is 1. The molecule has 35 heavy (non-hydrogen) atoms. The van der Waals surface area contributed by atoms with Crippen molar-refractivity contribution in [3.63, 3.8) is 0 Å². The van der Waals surface area contributed by atoms with Crippen LogP contribution < -0.4 is 4.90 Å². The lowest BCUT2D eigenvalue weighted by Gasteiger charge is -2.44. The van der Waals surface area contributed by atoms with Crippen LogP contribution in [0.5, 0.6) is 0 Å². The Morgan fingerprint density at radius 2 is 1.94 bits per heavy atom. The van der Waals surface area contributed by atoms with E-state index in [1.807, 2.05) is 0 Å². The molecule has 1 aliphatic carbocycles. The van der Waals surface area contributed by atoms with Gasteiger partial charge >= 0.3 is 12.2 Å². The van der Waals surface area contributed by atoms with Crippen LogP contribution in [-0.4, -0.2) is 41.2 Å². The third kappa shape index (κ3) is 4.66. The first-order chi connectivity index (χ1) is 16.7. The number of allylic oxidation sites excluding steroid dienone is 1. The van der Waals surface area contributed by atoms with Gasteiger partial charge in [0.05, 0.1) is 35.5 Å². The summed E-state index contributed by atoms with van der Waals surface area (Å²) in [4.78, 5) is 30.0. The monoisotopic (exact) mass is 501 g/mol. The molecular formula is C25H22F3N3O3S. The lowest BCUT2D eigenvalue weighted by Crippen LogP contribution is -2.50. The number of rotatable bonds is 5. The maximum Gasteiger partial charge on any atom is 0.416 e. The lowest BCUT2D eigenvalue weighted by atomic mass is 9.83. The van der Waals surface area contributed by atoms with E-state index in [2.05, 4.69) is 6.07 Å². The Hall–Kier alpha value is -3.29. The van der Waals surface area contributed by atoms with Gasteiger partial charge in [-0.2, -0.15) is 18.4 Å². The molecule has 0 spiro atoms. The summed E-state index contributed by atoms with van der Waals surface area (Å²) in [6.45, 7) is -0.101. The van der Waals surface area contributed by atoms with Gasteiger partial charge in [0.15, 0.2) is 5.78 Å². The van der Waals surface area contributed by atoms with Crippen molar-refractivity contribution in [3.8, 4) is 6.07 Å². The number of carbonyl (C=O) groups excluding carboxylic acids is 2. The summed E-state index contributed by atoms with van der Waals surface area (Å²) in [5, 5.41) is 18.6. The van der Waals surface area contributed by atoms with Gasteiger partial charge in [0.1, 0.15) is 0 Å². The van der Waals surface area contributed by atoms with Crippen molar-refractivity contribution in [2.75, 3.05) is 24.3 Å². The highest BCUT2D eigenvalue weighted by molar-refractivity contribution is 7.99. The van der Waals surface area contributed by atoms with Crippen LogP contribution in [0.3, 0.4) is 0 Å². The van der Waals surface area contributed by atoms with E-state index >= 15 is 0 Å². The SMILES string of the molecule is CN1C(=O)N(c2cccc(C(F)(F)F)c2)C2=C(C(=O)CCC2)C1c1ccc(C#N)cc1SCCO. The van der Waals surface area contributed by atoms with Crippen molar-refractivity contribution < 1.29 is 27.9 Å². The van der Waals surface area contributed by atoms with Crippen molar-refractivity contribution in [2.45, 2.75) is 36.4 Å². The van der Waals surface area contributed by atoms with E-state index in [0.29, 0.717) is 45.9 Å². The molecule has 4 rings (SSSR count). The van der Waals surface area contributed by atoms with Gasteiger partial charge in [-0.1, -0.05) is 12.1 Å². The third-order valence-electron chi connectivity index (χ3n) is 6.07. The van der Waals surface area contributed by atoms with Crippen molar-refractivity contribution in [3.05, 3.63) is 70.4 Å². The van der Waals surface area contributed by atoms with Crippen LogP contribution in [0.15, 0.2) is 58.6 Å². The normalized spacial score (nSPS) is 18.6. The van der Waals surface area contributed by atoms with E-state index in [1.54, 1.807) is 18.2 Å². The van der Waals surface area contributed by atoms with Crippen LogP contribution in [-0.2, 0) is 11.0 Å². The van der Waals surface area contributed by atoms with Gasteiger partial charge in [-0.15, -0.1) is 11.8 Å². The Labute approximate surface area is 204 Å². The van der Waals surface area contributed by atoms with Crippen LogP contribution >= 0.6 is 11.8 Å². The number of halogens is 3. The Kier molecular flexibility index (Phi) is 6.92. The maximum absolute atomic E-state index is 13.6. The largest absolute Gasteiger partial charge is 0.416 e. The molecular weight excluding hydrogens is 479 g/mol. The first-order valence-corrected chi connectivity index (χ1v) is 11.9. The Balaban J connectivity index is 1.90. The number of hydrogen-bond donors (Lipinski definition) is 1. The fourth-order valence-corrected chi connectivity index (χ4v) is 5.40. The lowest BCUT2D eigenvalue weighted by molar-refractivity contribution is -0.137. The Morgan fingerprint density at radius 1 is 1.17 bits per heavy atom. The number of urea groups is 1. The molecule has 1 atom stereocenters. The topological polar surface area (TPSA) is 84.6 Å². The summed E-state index contributed by atoms with van der Waals surface area (Å²) in [6, 6.07) is 10.2. The number of aliphatic hydroxyl groups excluding tert-OH is 1. The van der Waals surface area contributed by atoms with Gasteiger partial charge in [0, 0.05) is 35.4 Å². The summed E-state index contributed by atoms with van der Waals surface area (Å²) in [7, 11) is 1.51. The van der Waals surface area contributed by atoms with Gasteiger partial charge in [-0.3, -0.25) is 9.69 Å². The molecule has 1 unspecified atom stereocenters. The van der Waals surface area contributed by atoms with Crippen molar-refractivity contribution >= 4 is 29.3 Å². The number of alkyl halides is 3. The molecule has 1 heterocycles. The van der Waals surface area contributed by atoms with Gasteiger partial charge < -0.3 is 10.0 Å². The van der Waals surface area contributed by atoms with E-state index in [4.69, 9.17) is 0 Å². The number of hydrogen-bond acceptors (Lipinski definition) is 5.